The summed E-state index contributed by atoms with van der Waals surface area (Å²) in [5, 5.41) is 2.46. The Bertz CT molecular complexity index is 869. The number of aryl methyl sites for hydroxylation is 1. The van der Waals surface area contributed by atoms with E-state index >= 15 is 0 Å². The summed E-state index contributed by atoms with van der Waals surface area (Å²) in [4.78, 5) is 24.1. The van der Waals surface area contributed by atoms with Gasteiger partial charge in [-0.2, -0.15) is 0 Å². The number of hydrogen-bond donors (Lipinski definition) is 3. The number of carbonyl (C=O) groups is 2. The monoisotopic (exact) mass is 415 g/mol. The van der Waals surface area contributed by atoms with Gasteiger partial charge in [0.1, 0.15) is 11.5 Å². The molecule has 154 valence electrons. The summed E-state index contributed by atoms with van der Waals surface area (Å²) in [6.07, 6.45) is 0.906. The first-order valence-corrected chi connectivity index (χ1v) is 9.63. The van der Waals surface area contributed by atoms with Crippen LogP contribution in [-0.2, 0) is 4.79 Å². The molecule has 0 spiro atoms. The van der Waals surface area contributed by atoms with Crippen LogP contribution in [0.4, 0.5) is 0 Å². The molecule has 2 aromatic rings. The minimum atomic E-state index is -0.431. The van der Waals surface area contributed by atoms with Gasteiger partial charge < -0.3 is 9.47 Å². The third kappa shape index (κ3) is 7.08. The van der Waals surface area contributed by atoms with Crippen LogP contribution in [0.15, 0.2) is 42.5 Å². The number of benzene rings is 2. The van der Waals surface area contributed by atoms with Crippen molar-refractivity contribution in [3.05, 3.63) is 59.2 Å². The normalized spacial score (nSPS) is 10.0. The first-order valence-electron chi connectivity index (χ1n) is 9.22. The topological polar surface area (TPSA) is 88.7 Å². The van der Waals surface area contributed by atoms with E-state index in [0.717, 1.165) is 17.5 Å². The number of rotatable bonds is 7. The van der Waals surface area contributed by atoms with Crippen LogP contribution in [0.5, 0.6) is 11.5 Å². The summed E-state index contributed by atoms with van der Waals surface area (Å²) in [6.45, 7) is 6.34. The maximum Gasteiger partial charge on any atom is 0.276 e. The Labute approximate surface area is 175 Å². The third-order valence-corrected chi connectivity index (χ3v) is 4.25. The summed E-state index contributed by atoms with van der Waals surface area (Å²) in [7, 11) is 0. The largest absolute Gasteiger partial charge is 0.494 e. The maximum absolute atomic E-state index is 12.2. The van der Waals surface area contributed by atoms with Crippen LogP contribution in [0.25, 0.3) is 0 Å². The molecule has 0 saturated carbocycles. The van der Waals surface area contributed by atoms with Crippen LogP contribution >= 0.6 is 12.2 Å². The highest BCUT2D eigenvalue weighted by molar-refractivity contribution is 7.80. The number of ether oxygens (including phenoxy) is 2. The molecular weight excluding hydrogens is 390 g/mol. The smallest absolute Gasteiger partial charge is 0.276 e. The van der Waals surface area contributed by atoms with Crippen molar-refractivity contribution in [2.75, 3.05) is 13.2 Å². The Hall–Kier alpha value is -3.13. The van der Waals surface area contributed by atoms with Crippen LogP contribution in [0.1, 0.15) is 34.8 Å². The first-order chi connectivity index (χ1) is 13.9. The van der Waals surface area contributed by atoms with E-state index in [2.05, 4.69) is 16.2 Å². The lowest BCUT2D eigenvalue weighted by Crippen LogP contribution is -2.49. The zero-order valence-corrected chi connectivity index (χ0v) is 17.5. The average Bonchev–Trinajstić information content (AvgIpc) is 2.72. The number of hydrogen-bond acceptors (Lipinski definition) is 5. The molecule has 0 aliphatic heterocycles. The second-order valence-corrected chi connectivity index (χ2v) is 6.72. The molecule has 7 nitrogen and oxygen atoms in total. The van der Waals surface area contributed by atoms with E-state index in [9.17, 15) is 9.59 Å². The van der Waals surface area contributed by atoms with Gasteiger partial charge in [-0.05, 0) is 73.9 Å². The lowest BCUT2D eigenvalue weighted by molar-refractivity contribution is -0.123. The summed E-state index contributed by atoms with van der Waals surface area (Å²) >= 11 is 5.02. The van der Waals surface area contributed by atoms with Gasteiger partial charge in [0.15, 0.2) is 11.7 Å². The molecule has 2 amide bonds. The van der Waals surface area contributed by atoms with E-state index in [-0.39, 0.29) is 11.7 Å². The third-order valence-electron chi connectivity index (χ3n) is 4.05. The van der Waals surface area contributed by atoms with Crippen LogP contribution in [0.2, 0.25) is 0 Å². The highest BCUT2D eigenvalue weighted by Gasteiger charge is 2.10. The average molecular weight is 416 g/mol. The van der Waals surface area contributed by atoms with Crippen molar-refractivity contribution >= 4 is 29.1 Å². The van der Waals surface area contributed by atoms with Gasteiger partial charge in [0.25, 0.3) is 11.8 Å². The quantitative estimate of drug-likeness (QED) is 0.476. The molecule has 0 aliphatic rings. The van der Waals surface area contributed by atoms with Gasteiger partial charge in [-0.15, -0.1) is 0 Å². The zero-order chi connectivity index (χ0) is 21.2. The molecule has 0 saturated heterocycles. The molecule has 2 rings (SSSR count). The Morgan fingerprint density at radius 3 is 2.41 bits per heavy atom. The summed E-state index contributed by atoms with van der Waals surface area (Å²) in [5.74, 6) is 0.507. The van der Waals surface area contributed by atoms with Crippen molar-refractivity contribution in [1.29, 1.82) is 0 Å². The van der Waals surface area contributed by atoms with Crippen LogP contribution in [-0.4, -0.2) is 30.1 Å². The van der Waals surface area contributed by atoms with Crippen molar-refractivity contribution in [2.45, 2.75) is 27.2 Å². The SMILES string of the molecule is CCCOc1ccc(C(=O)NC(=S)NNC(=O)COc2cccc(C)c2C)cc1. The fraction of sp³-hybridized carbons (Fsp3) is 0.286. The van der Waals surface area contributed by atoms with Crippen LogP contribution in [0.3, 0.4) is 0 Å². The maximum atomic E-state index is 12.2. The lowest BCUT2D eigenvalue weighted by Gasteiger charge is -2.13. The fourth-order valence-corrected chi connectivity index (χ4v) is 2.46. The second-order valence-electron chi connectivity index (χ2n) is 6.32. The molecule has 0 bridgehead atoms. The van der Waals surface area contributed by atoms with Gasteiger partial charge in [-0.3, -0.25) is 25.8 Å². The van der Waals surface area contributed by atoms with Crippen molar-refractivity contribution in [1.82, 2.24) is 16.2 Å². The molecule has 0 unspecified atom stereocenters. The highest BCUT2D eigenvalue weighted by Crippen LogP contribution is 2.20. The Morgan fingerprint density at radius 1 is 1.00 bits per heavy atom. The van der Waals surface area contributed by atoms with Gasteiger partial charge in [0.2, 0.25) is 0 Å². The number of nitrogens with one attached hydrogen (secondary N) is 3. The molecular formula is C21H25N3O4S. The Kier molecular flexibility index (Phi) is 8.42. The fourth-order valence-electron chi connectivity index (χ4n) is 2.32. The Balaban J connectivity index is 1.75. The summed E-state index contributed by atoms with van der Waals surface area (Å²) in [6, 6.07) is 12.3. The molecule has 0 heterocycles. The van der Waals surface area contributed by atoms with Crippen LogP contribution in [0, 0.1) is 13.8 Å². The number of thiocarbonyl (C=S) groups is 1. The lowest BCUT2D eigenvalue weighted by atomic mass is 10.1. The molecule has 0 fully saturated rings. The minimum absolute atomic E-state index is 0.0265. The molecule has 2 aromatic carbocycles. The van der Waals surface area contributed by atoms with Crippen LogP contribution < -0.4 is 25.6 Å². The summed E-state index contributed by atoms with van der Waals surface area (Å²) < 4.78 is 11.0. The molecule has 29 heavy (non-hydrogen) atoms. The minimum Gasteiger partial charge on any atom is -0.494 e. The van der Waals surface area contributed by atoms with Gasteiger partial charge >= 0.3 is 0 Å². The van der Waals surface area contributed by atoms with Crippen molar-refractivity contribution in [3.8, 4) is 11.5 Å². The molecule has 0 aliphatic carbocycles. The zero-order valence-electron chi connectivity index (χ0n) is 16.7. The van der Waals surface area contributed by atoms with Gasteiger partial charge in [0.05, 0.1) is 6.61 Å². The molecule has 0 aromatic heterocycles. The predicted molar refractivity (Wildman–Crippen MR) is 115 cm³/mol. The van der Waals surface area contributed by atoms with E-state index < -0.39 is 11.8 Å². The van der Waals surface area contributed by atoms with E-state index in [4.69, 9.17) is 21.7 Å². The van der Waals surface area contributed by atoms with Crippen molar-refractivity contribution in [2.24, 2.45) is 0 Å². The van der Waals surface area contributed by atoms with Crippen molar-refractivity contribution < 1.29 is 19.1 Å². The standard InChI is InChI=1S/C21H25N3O4S/c1-4-12-27-17-10-8-16(9-11-17)20(26)22-21(29)24-23-19(25)13-28-18-7-5-6-14(2)15(18)3/h5-11H,4,12-13H2,1-3H3,(H,23,25)(H2,22,24,26,29). The van der Waals surface area contributed by atoms with E-state index in [0.29, 0.717) is 23.7 Å². The molecule has 3 N–H and O–H groups in total. The van der Waals surface area contributed by atoms with Crippen molar-refractivity contribution in [3.63, 3.8) is 0 Å². The first kappa shape index (κ1) is 22.2. The highest BCUT2D eigenvalue weighted by atomic mass is 32.1. The van der Waals surface area contributed by atoms with E-state index in [1.165, 1.54) is 0 Å². The second kappa shape index (κ2) is 11.0. The Morgan fingerprint density at radius 2 is 1.72 bits per heavy atom. The van der Waals surface area contributed by atoms with E-state index in [1.807, 2.05) is 32.9 Å². The predicted octanol–water partition coefficient (Wildman–Crippen LogP) is 2.81. The number of hydrazine groups is 1. The summed E-state index contributed by atoms with van der Waals surface area (Å²) in [5.41, 5.74) is 7.34. The molecule has 0 radical (unpaired) electrons. The molecule has 0 atom stereocenters. The molecule has 8 heteroatoms. The number of carbonyl (C=O) groups excluding carboxylic acids is 2. The van der Waals surface area contributed by atoms with E-state index in [1.54, 1.807) is 30.3 Å². The number of amides is 2. The van der Waals surface area contributed by atoms with Gasteiger partial charge in [-0.25, -0.2) is 0 Å². The van der Waals surface area contributed by atoms with Gasteiger partial charge in [0, 0.05) is 5.56 Å². The van der Waals surface area contributed by atoms with Gasteiger partial charge in [-0.1, -0.05) is 19.1 Å².